The summed E-state index contributed by atoms with van der Waals surface area (Å²) in [5.74, 6) is 0.746. The smallest absolute Gasteiger partial charge is 0.144 e. The fraction of sp³-hybridized carbons (Fsp3) is 0.750. The van der Waals surface area contributed by atoms with Crippen molar-refractivity contribution in [3.63, 3.8) is 0 Å². The first-order valence-electron chi connectivity index (χ1n) is 7.69. The van der Waals surface area contributed by atoms with Crippen LogP contribution in [0.15, 0.2) is 12.3 Å². The van der Waals surface area contributed by atoms with E-state index in [1.807, 2.05) is 16.9 Å². The summed E-state index contributed by atoms with van der Waals surface area (Å²) in [6, 6.07) is 2.31. The Labute approximate surface area is 121 Å². The monoisotopic (exact) mass is 277 g/mol. The van der Waals surface area contributed by atoms with E-state index in [1.54, 1.807) is 0 Å². The van der Waals surface area contributed by atoms with E-state index in [4.69, 9.17) is 0 Å². The molecule has 4 nitrogen and oxygen atoms in total. The molecule has 0 spiro atoms. The van der Waals surface area contributed by atoms with E-state index in [1.165, 1.54) is 6.42 Å². The number of carbonyl (C=O) groups is 1. The maximum absolute atomic E-state index is 12.6. The molecule has 1 aliphatic heterocycles. The molecule has 112 valence electrons. The lowest BCUT2D eigenvalue weighted by atomic mass is 9.71. The molecule has 1 saturated heterocycles. The molecule has 1 N–H and O–H groups in total. The minimum Gasteiger partial charge on any atom is -0.316 e. The number of nitrogens with zero attached hydrogens (tertiary/aromatic N) is 2. The Balaban J connectivity index is 2.01. The molecule has 1 atom stereocenters. The summed E-state index contributed by atoms with van der Waals surface area (Å²) >= 11 is 0. The second-order valence-electron chi connectivity index (χ2n) is 6.75. The first-order chi connectivity index (χ1) is 9.41. The second-order valence-corrected chi connectivity index (χ2v) is 6.75. The Morgan fingerprint density at radius 3 is 2.85 bits per heavy atom. The summed E-state index contributed by atoms with van der Waals surface area (Å²) in [7, 11) is 0. The van der Waals surface area contributed by atoms with Gasteiger partial charge in [-0.1, -0.05) is 13.8 Å². The van der Waals surface area contributed by atoms with Gasteiger partial charge in [0.15, 0.2) is 0 Å². The van der Waals surface area contributed by atoms with Crippen LogP contribution in [0.3, 0.4) is 0 Å². The van der Waals surface area contributed by atoms with E-state index in [0.29, 0.717) is 24.2 Å². The standard InChI is InChI=1S/C16H27N3O/c1-12(2)19-9-7-14(18-19)10-15(20)16(3,4)13-6-5-8-17-11-13/h7,9,12-13,17H,5-6,8,10-11H2,1-4H3. The van der Waals surface area contributed by atoms with Crippen LogP contribution in [-0.4, -0.2) is 28.7 Å². The van der Waals surface area contributed by atoms with E-state index in [2.05, 4.69) is 38.1 Å². The van der Waals surface area contributed by atoms with E-state index < -0.39 is 0 Å². The minimum atomic E-state index is -0.269. The molecule has 0 radical (unpaired) electrons. The third-order valence-corrected chi connectivity index (χ3v) is 4.57. The van der Waals surface area contributed by atoms with Gasteiger partial charge in [0.05, 0.1) is 12.1 Å². The average molecular weight is 277 g/mol. The maximum Gasteiger partial charge on any atom is 0.144 e. The number of carbonyl (C=O) groups excluding carboxylic acids is 1. The van der Waals surface area contributed by atoms with Gasteiger partial charge in [-0.15, -0.1) is 0 Å². The van der Waals surface area contributed by atoms with Crippen molar-refractivity contribution < 1.29 is 4.79 Å². The van der Waals surface area contributed by atoms with Gasteiger partial charge in [-0.25, -0.2) is 0 Å². The molecule has 1 fully saturated rings. The highest BCUT2D eigenvalue weighted by Gasteiger charge is 2.36. The van der Waals surface area contributed by atoms with Gasteiger partial charge in [0.25, 0.3) is 0 Å². The number of rotatable bonds is 5. The first kappa shape index (κ1) is 15.2. The number of Topliss-reactive ketones (excluding diaryl/α,β-unsaturated/α-hetero) is 1. The van der Waals surface area contributed by atoms with Gasteiger partial charge < -0.3 is 5.32 Å². The van der Waals surface area contributed by atoms with Gasteiger partial charge >= 0.3 is 0 Å². The summed E-state index contributed by atoms with van der Waals surface area (Å²) in [6.07, 6.45) is 4.72. The number of hydrogen-bond acceptors (Lipinski definition) is 3. The van der Waals surface area contributed by atoms with Gasteiger partial charge in [0.1, 0.15) is 5.78 Å². The zero-order chi connectivity index (χ0) is 14.8. The van der Waals surface area contributed by atoms with Crippen LogP contribution in [0.2, 0.25) is 0 Å². The van der Waals surface area contributed by atoms with Crippen LogP contribution in [0.4, 0.5) is 0 Å². The first-order valence-corrected chi connectivity index (χ1v) is 7.69. The molecule has 0 bridgehead atoms. The molecule has 0 aliphatic carbocycles. The van der Waals surface area contributed by atoms with Crippen molar-refractivity contribution in [2.75, 3.05) is 13.1 Å². The molecule has 0 amide bonds. The normalized spacial score (nSPS) is 20.4. The van der Waals surface area contributed by atoms with Crippen LogP contribution < -0.4 is 5.32 Å². The highest BCUT2D eigenvalue weighted by atomic mass is 16.1. The summed E-state index contributed by atoms with van der Waals surface area (Å²) in [4.78, 5) is 12.6. The number of hydrogen-bond donors (Lipinski definition) is 1. The molecule has 0 saturated carbocycles. The van der Waals surface area contributed by atoms with E-state index in [-0.39, 0.29) is 5.41 Å². The lowest BCUT2D eigenvalue weighted by Crippen LogP contribution is -2.43. The highest BCUT2D eigenvalue weighted by molar-refractivity contribution is 5.86. The molecule has 1 aliphatic rings. The predicted molar refractivity (Wildman–Crippen MR) is 80.7 cm³/mol. The highest BCUT2D eigenvalue weighted by Crippen LogP contribution is 2.33. The topological polar surface area (TPSA) is 46.9 Å². The van der Waals surface area contributed by atoms with Crippen molar-refractivity contribution in [3.05, 3.63) is 18.0 Å². The van der Waals surface area contributed by atoms with E-state index >= 15 is 0 Å². The van der Waals surface area contributed by atoms with Crippen LogP contribution in [0.25, 0.3) is 0 Å². The molecule has 1 aromatic heterocycles. The predicted octanol–water partition coefficient (Wildman–Crippen LogP) is 2.60. The Hall–Kier alpha value is -1.16. The lowest BCUT2D eigenvalue weighted by molar-refractivity contribution is -0.129. The Bertz CT molecular complexity index is 456. The summed E-state index contributed by atoms with van der Waals surface area (Å²) in [6.45, 7) is 10.4. The quantitative estimate of drug-likeness (QED) is 0.900. The number of ketones is 1. The van der Waals surface area contributed by atoms with Crippen LogP contribution in [0.1, 0.15) is 52.3 Å². The molecule has 4 heteroatoms. The number of nitrogens with one attached hydrogen (secondary N) is 1. The Morgan fingerprint density at radius 2 is 2.30 bits per heavy atom. The molecule has 2 rings (SSSR count). The zero-order valence-corrected chi connectivity index (χ0v) is 13.1. The molecular formula is C16H27N3O. The van der Waals surface area contributed by atoms with Crippen molar-refractivity contribution >= 4 is 5.78 Å². The van der Waals surface area contributed by atoms with Gasteiger partial charge in [0.2, 0.25) is 0 Å². The SMILES string of the molecule is CC(C)n1ccc(CC(=O)C(C)(C)C2CCCNC2)n1. The van der Waals surface area contributed by atoms with Crippen LogP contribution >= 0.6 is 0 Å². The van der Waals surface area contributed by atoms with Gasteiger partial charge in [-0.2, -0.15) is 5.10 Å². The van der Waals surface area contributed by atoms with Crippen LogP contribution in [0, 0.1) is 11.3 Å². The molecular weight excluding hydrogens is 250 g/mol. The van der Waals surface area contributed by atoms with Crippen molar-refractivity contribution in [2.45, 2.75) is 53.0 Å². The maximum atomic E-state index is 12.6. The van der Waals surface area contributed by atoms with Crippen molar-refractivity contribution in [1.82, 2.24) is 15.1 Å². The van der Waals surface area contributed by atoms with Crippen molar-refractivity contribution in [3.8, 4) is 0 Å². The zero-order valence-electron chi connectivity index (χ0n) is 13.1. The van der Waals surface area contributed by atoms with Crippen molar-refractivity contribution in [2.24, 2.45) is 11.3 Å². The second kappa shape index (κ2) is 6.08. The third kappa shape index (κ3) is 3.29. The number of piperidine rings is 1. The van der Waals surface area contributed by atoms with Crippen molar-refractivity contribution in [1.29, 1.82) is 0 Å². The molecule has 2 heterocycles. The summed E-state index contributed by atoms with van der Waals surface area (Å²) < 4.78 is 1.91. The fourth-order valence-electron chi connectivity index (χ4n) is 2.85. The van der Waals surface area contributed by atoms with E-state index in [0.717, 1.165) is 25.2 Å². The third-order valence-electron chi connectivity index (χ3n) is 4.57. The van der Waals surface area contributed by atoms with Gasteiger partial charge in [-0.3, -0.25) is 9.48 Å². The Morgan fingerprint density at radius 1 is 1.55 bits per heavy atom. The molecule has 1 unspecified atom stereocenters. The van der Waals surface area contributed by atoms with Gasteiger partial charge in [0, 0.05) is 17.7 Å². The fourth-order valence-corrected chi connectivity index (χ4v) is 2.85. The molecule has 20 heavy (non-hydrogen) atoms. The average Bonchev–Trinajstić information content (AvgIpc) is 2.88. The summed E-state index contributed by atoms with van der Waals surface area (Å²) in [5, 5.41) is 7.90. The largest absolute Gasteiger partial charge is 0.316 e. The minimum absolute atomic E-state index is 0.269. The van der Waals surface area contributed by atoms with Crippen LogP contribution in [-0.2, 0) is 11.2 Å². The van der Waals surface area contributed by atoms with Crippen LogP contribution in [0.5, 0.6) is 0 Å². The number of aromatic nitrogens is 2. The van der Waals surface area contributed by atoms with Gasteiger partial charge in [-0.05, 0) is 51.8 Å². The summed E-state index contributed by atoms with van der Waals surface area (Å²) in [5.41, 5.74) is 0.621. The molecule has 0 aromatic carbocycles. The Kier molecular flexibility index (Phi) is 4.63. The molecule has 1 aromatic rings. The van der Waals surface area contributed by atoms with E-state index in [9.17, 15) is 4.79 Å². The lowest BCUT2D eigenvalue weighted by Gasteiger charge is -2.36.